The molecule has 0 bridgehead atoms. The maximum atomic E-state index is 12.5. The van der Waals surface area contributed by atoms with E-state index in [1.807, 2.05) is 0 Å². The van der Waals surface area contributed by atoms with Crippen molar-refractivity contribution in [2.24, 2.45) is 0 Å². The normalized spacial score (nSPS) is 11.9. The van der Waals surface area contributed by atoms with E-state index in [0.29, 0.717) is 12.8 Å². The van der Waals surface area contributed by atoms with Crippen molar-refractivity contribution in [1.29, 1.82) is 0 Å². The van der Waals surface area contributed by atoms with Crippen molar-refractivity contribution < 1.29 is 43.3 Å². The number of aliphatic carboxylic acids is 1. The topological polar surface area (TPSA) is 177 Å². The molecule has 3 amide bonds. The Kier molecular flexibility index (Phi) is 26.5. The molecule has 0 rings (SSSR count). The molecule has 47 heavy (non-hydrogen) atoms. The van der Waals surface area contributed by atoms with Crippen molar-refractivity contribution in [1.82, 2.24) is 16.0 Å². The highest BCUT2D eigenvalue weighted by molar-refractivity contribution is 5.91. The number of hydrogen-bond acceptors (Lipinski definition) is 8. The number of carboxylic acid groups (broad SMARTS) is 1. The number of Topliss-reactive ketones (excluding diaryl/α,β-unsaturated/α-hetero) is 2. The van der Waals surface area contributed by atoms with E-state index < -0.39 is 29.4 Å². The van der Waals surface area contributed by atoms with Crippen molar-refractivity contribution in [3.63, 3.8) is 0 Å². The van der Waals surface area contributed by atoms with Crippen LogP contribution in [0, 0.1) is 0 Å². The Morgan fingerprint density at radius 3 is 1.60 bits per heavy atom. The van der Waals surface area contributed by atoms with Crippen LogP contribution in [0.2, 0.25) is 0 Å². The molecule has 272 valence electrons. The fraction of sp³-hybridized carbons (Fsp3) is 0.829. The largest absolute Gasteiger partial charge is 0.480 e. The zero-order chi connectivity index (χ0) is 35.3. The second kappa shape index (κ2) is 28.2. The van der Waals surface area contributed by atoms with E-state index in [2.05, 4.69) is 16.0 Å². The van der Waals surface area contributed by atoms with Gasteiger partial charge in [0.2, 0.25) is 17.7 Å². The predicted octanol–water partition coefficient (Wildman–Crippen LogP) is 4.80. The lowest BCUT2D eigenvalue weighted by Crippen LogP contribution is -2.55. The zero-order valence-corrected chi connectivity index (χ0v) is 29.6. The number of nitrogens with one attached hydrogen (secondary N) is 3. The van der Waals surface area contributed by atoms with E-state index in [1.54, 1.807) is 6.92 Å². The van der Waals surface area contributed by atoms with E-state index in [1.165, 1.54) is 72.1 Å². The average molecular weight is 670 g/mol. The van der Waals surface area contributed by atoms with Crippen LogP contribution >= 0.6 is 0 Å². The summed E-state index contributed by atoms with van der Waals surface area (Å²) in [6.07, 6.45) is 16.6. The Morgan fingerprint density at radius 2 is 1.11 bits per heavy atom. The highest BCUT2D eigenvalue weighted by Gasteiger charge is 2.30. The number of hydrogen-bond donors (Lipinski definition) is 4. The number of carbonyl (C=O) groups excluding carboxylic acids is 5. The number of ether oxygens (including phenoxy) is 2. The summed E-state index contributed by atoms with van der Waals surface area (Å²) in [6, 6.07) is -1.19. The van der Waals surface area contributed by atoms with Crippen LogP contribution in [0.4, 0.5) is 0 Å². The molecule has 0 fully saturated rings. The van der Waals surface area contributed by atoms with Crippen molar-refractivity contribution in [2.75, 3.05) is 33.0 Å². The Balaban J connectivity index is 3.97. The zero-order valence-electron chi connectivity index (χ0n) is 29.6. The van der Waals surface area contributed by atoms with E-state index >= 15 is 0 Å². The summed E-state index contributed by atoms with van der Waals surface area (Å²) in [6.45, 7) is 7.18. The lowest BCUT2D eigenvalue weighted by atomic mass is 10.0. The maximum absolute atomic E-state index is 12.5. The van der Waals surface area contributed by atoms with Crippen LogP contribution in [0.1, 0.15) is 143 Å². The summed E-state index contributed by atoms with van der Waals surface area (Å²) in [5, 5.41) is 17.3. The number of amides is 3. The third-order valence-corrected chi connectivity index (χ3v) is 7.70. The summed E-state index contributed by atoms with van der Waals surface area (Å²) < 4.78 is 10.4. The van der Waals surface area contributed by atoms with Gasteiger partial charge >= 0.3 is 5.97 Å². The molecule has 0 aromatic heterocycles. The average Bonchev–Trinajstić information content (AvgIpc) is 2.99. The highest BCUT2D eigenvalue weighted by atomic mass is 16.5. The molecule has 0 heterocycles. The Bertz CT molecular complexity index is 924. The molecular formula is C35H63N3O9. The molecule has 12 heteroatoms. The smallest absolute Gasteiger partial charge is 0.326 e. The fourth-order valence-electron chi connectivity index (χ4n) is 4.94. The fourth-order valence-corrected chi connectivity index (χ4v) is 4.94. The van der Waals surface area contributed by atoms with E-state index in [4.69, 9.17) is 9.47 Å². The molecule has 0 saturated heterocycles. The summed E-state index contributed by atoms with van der Waals surface area (Å²) in [7, 11) is 0. The number of rotatable bonds is 32. The van der Waals surface area contributed by atoms with Crippen LogP contribution < -0.4 is 16.0 Å². The first-order valence-corrected chi connectivity index (χ1v) is 17.6. The predicted molar refractivity (Wildman–Crippen MR) is 181 cm³/mol. The monoisotopic (exact) mass is 669 g/mol. The molecule has 4 N–H and O–H groups in total. The molecule has 0 spiro atoms. The Morgan fingerprint density at radius 1 is 0.617 bits per heavy atom. The molecule has 0 unspecified atom stereocenters. The molecule has 0 aliphatic carbocycles. The number of unbranched alkanes of at least 4 members (excludes halogenated alkanes) is 13. The van der Waals surface area contributed by atoms with Gasteiger partial charge in [-0.25, -0.2) is 4.79 Å². The SMILES string of the molecule is CC(=O)CCCCCCCCCCCCCCCCC(=O)N[C@@H](CCC(=O)NC(C)(C)C(=O)NCCOCCOCC(C)=O)C(=O)O. The minimum absolute atomic E-state index is 0.0302. The highest BCUT2D eigenvalue weighted by Crippen LogP contribution is 2.14. The van der Waals surface area contributed by atoms with E-state index in [9.17, 15) is 33.9 Å². The van der Waals surface area contributed by atoms with Gasteiger partial charge in [-0.05, 0) is 47.0 Å². The second-order valence-electron chi connectivity index (χ2n) is 12.9. The number of ketones is 2. The van der Waals surface area contributed by atoms with Crippen molar-refractivity contribution in [3.05, 3.63) is 0 Å². The lowest BCUT2D eigenvalue weighted by Gasteiger charge is -2.25. The van der Waals surface area contributed by atoms with Gasteiger partial charge in [0.15, 0.2) is 5.78 Å². The number of carboxylic acids is 1. The van der Waals surface area contributed by atoms with Crippen LogP contribution in [0.15, 0.2) is 0 Å². The molecule has 0 aromatic rings. The molecule has 0 saturated carbocycles. The number of carbonyl (C=O) groups is 6. The standard InChI is InChI=1S/C35H63N3O9/c1-28(39)19-17-15-13-11-9-7-5-6-8-10-12-14-16-18-20-31(41)37-30(33(43)44)21-22-32(42)38-35(3,4)34(45)36-23-24-46-25-26-47-27-29(2)40/h30H,5-27H2,1-4H3,(H,36,45)(H,37,41)(H,38,42)(H,43,44)/t30-/m0/s1. The summed E-state index contributed by atoms with van der Waals surface area (Å²) >= 11 is 0. The van der Waals surface area contributed by atoms with Crippen LogP contribution in [-0.4, -0.2) is 84.9 Å². The minimum Gasteiger partial charge on any atom is -0.480 e. The molecule has 0 aliphatic heterocycles. The molecule has 1 atom stereocenters. The first kappa shape index (κ1) is 44.1. The van der Waals surface area contributed by atoms with Crippen LogP contribution in [0.3, 0.4) is 0 Å². The van der Waals surface area contributed by atoms with Gasteiger partial charge in [0, 0.05) is 25.8 Å². The summed E-state index contributed by atoms with van der Waals surface area (Å²) in [4.78, 5) is 70.7. The Hall–Kier alpha value is -2.86. The maximum Gasteiger partial charge on any atom is 0.326 e. The van der Waals surface area contributed by atoms with Gasteiger partial charge in [-0.1, -0.05) is 77.0 Å². The summed E-state index contributed by atoms with van der Waals surface area (Å²) in [5.41, 5.74) is -1.23. The van der Waals surface area contributed by atoms with Gasteiger partial charge in [-0.2, -0.15) is 0 Å². The van der Waals surface area contributed by atoms with Gasteiger partial charge in [0.05, 0.1) is 19.8 Å². The van der Waals surface area contributed by atoms with Crippen molar-refractivity contribution in [2.45, 2.75) is 155 Å². The lowest BCUT2D eigenvalue weighted by molar-refractivity contribution is -0.142. The van der Waals surface area contributed by atoms with Gasteiger partial charge in [0.25, 0.3) is 0 Å². The first-order chi connectivity index (χ1) is 22.3. The van der Waals surface area contributed by atoms with Gasteiger partial charge in [-0.15, -0.1) is 0 Å². The minimum atomic E-state index is -1.23. The molecular weight excluding hydrogens is 606 g/mol. The molecule has 0 aromatic carbocycles. The van der Waals surface area contributed by atoms with Crippen molar-refractivity contribution in [3.8, 4) is 0 Å². The second-order valence-corrected chi connectivity index (χ2v) is 12.9. The van der Waals surface area contributed by atoms with Gasteiger partial charge in [0.1, 0.15) is 24.0 Å². The van der Waals surface area contributed by atoms with Crippen LogP contribution in [0.5, 0.6) is 0 Å². The van der Waals surface area contributed by atoms with Crippen molar-refractivity contribution >= 4 is 35.3 Å². The third-order valence-electron chi connectivity index (χ3n) is 7.70. The van der Waals surface area contributed by atoms with Crippen LogP contribution in [-0.2, 0) is 38.2 Å². The summed E-state index contributed by atoms with van der Waals surface area (Å²) in [5.74, 6) is -2.26. The van der Waals surface area contributed by atoms with Crippen LogP contribution in [0.25, 0.3) is 0 Å². The molecule has 0 aliphatic rings. The van der Waals surface area contributed by atoms with Gasteiger partial charge < -0.3 is 35.3 Å². The quantitative estimate of drug-likeness (QED) is 0.0733. The third kappa shape index (κ3) is 27.9. The first-order valence-electron chi connectivity index (χ1n) is 17.6. The molecule has 12 nitrogen and oxygen atoms in total. The van der Waals surface area contributed by atoms with E-state index in [0.717, 1.165) is 32.1 Å². The van der Waals surface area contributed by atoms with E-state index in [-0.39, 0.29) is 69.7 Å². The molecule has 0 radical (unpaired) electrons. The van der Waals surface area contributed by atoms with Gasteiger partial charge in [-0.3, -0.25) is 19.2 Å². The Labute approximate surface area is 282 Å².